The Bertz CT molecular complexity index is 457. The van der Waals surface area contributed by atoms with Crippen molar-refractivity contribution in [2.45, 2.75) is 13.5 Å². The number of rotatable bonds is 4. The summed E-state index contributed by atoms with van der Waals surface area (Å²) >= 11 is 0. The summed E-state index contributed by atoms with van der Waals surface area (Å²) in [5.41, 5.74) is 0.798. The maximum absolute atomic E-state index is 11.8. The summed E-state index contributed by atoms with van der Waals surface area (Å²) in [6, 6.07) is 5.35. The monoisotopic (exact) mass is 263 g/mol. The Balaban J connectivity index is 1.73. The SMILES string of the molecule is CC(C(=O)O)C1CN(C(=O)NCc2ccccn2)C1. The summed E-state index contributed by atoms with van der Waals surface area (Å²) in [6.45, 7) is 3.06. The Labute approximate surface area is 111 Å². The second kappa shape index (κ2) is 5.69. The standard InChI is InChI=1S/C13H17N3O3/c1-9(12(17)18)10-7-16(8-10)13(19)15-6-11-4-2-3-5-14-11/h2-5,9-10H,6-8H2,1H3,(H,15,19)(H,17,18). The van der Waals surface area contributed by atoms with Gasteiger partial charge in [0.1, 0.15) is 0 Å². The van der Waals surface area contributed by atoms with Gasteiger partial charge in [0.05, 0.1) is 18.2 Å². The Morgan fingerprint density at radius 3 is 2.84 bits per heavy atom. The van der Waals surface area contributed by atoms with Crippen molar-refractivity contribution in [1.29, 1.82) is 0 Å². The molecule has 6 nitrogen and oxygen atoms in total. The second-order valence-electron chi connectivity index (χ2n) is 4.77. The summed E-state index contributed by atoms with van der Waals surface area (Å²) in [6.07, 6.45) is 1.68. The first kappa shape index (κ1) is 13.3. The van der Waals surface area contributed by atoms with Gasteiger partial charge in [-0.3, -0.25) is 9.78 Å². The van der Waals surface area contributed by atoms with Crippen molar-refractivity contribution < 1.29 is 14.7 Å². The quantitative estimate of drug-likeness (QED) is 0.847. The molecule has 1 aliphatic rings. The van der Waals surface area contributed by atoms with Crippen LogP contribution >= 0.6 is 0 Å². The Morgan fingerprint density at radius 2 is 2.26 bits per heavy atom. The molecule has 0 aliphatic carbocycles. The number of nitrogens with one attached hydrogen (secondary N) is 1. The minimum Gasteiger partial charge on any atom is -0.481 e. The summed E-state index contributed by atoms with van der Waals surface area (Å²) in [5, 5.41) is 11.6. The molecule has 0 spiro atoms. The van der Waals surface area contributed by atoms with E-state index >= 15 is 0 Å². The van der Waals surface area contributed by atoms with Crippen LogP contribution in [0.1, 0.15) is 12.6 Å². The maximum Gasteiger partial charge on any atom is 0.317 e. The molecular formula is C13H17N3O3. The number of carboxylic acids is 1. The van der Waals surface area contributed by atoms with Crippen molar-refractivity contribution in [2.24, 2.45) is 11.8 Å². The second-order valence-corrected chi connectivity index (χ2v) is 4.77. The third kappa shape index (κ3) is 3.21. The number of carboxylic acid groups (broad SMARTS) is 1. The lowest BCUT2D eigenvalue weighted by Crippen LogP contribution is -2.56. The first-order chi connectivity index (χ1) is 9.08. The molecule has 0 saturated carbocycles. The number of urea groups is 1. The largest absolute Gasteiger partial charge is 0.481 e. The van der Waals surface area contributed by atoms with Crippen LogP contribution in [-0.4, -0.2) is 40.1 Å². The lowest BCUT2D eigenvalue weighted by Gasteiger charge is -2.41. The number of aliphatic carboxylic acids is 1. The van der Waals surface area contributed by atoms with Crippen molar-refractivity contribution in [3.8, 4) is 0 Å². The molecule has 102 valence electrons. The Morgan fingerprint density at radius 1 is 1.53 bits per heavy atom. The Hall–Kier alpha value is -2.11. The molecule has 0 aromatic carbocycles. The fourth-order valence-corrected chi connectivity index (χ4v) is 1.98. The van der Waals surface area contributed by atoms with Gasteiger partial charge in [-0.1, -0.05) is 13.0 Å². The summed E-state index contributed by atoms with van der Waals surface area (Å²) in [5.74, 6) is -1.16. The molecule has 0 radical (unpaired) electrons. The average Bonchev–Trinajstić information content (AvgIpc) is 2.35. The highest BCUT2D eigenvalue weighted by Crippen LogP contribution is 2.23. The molecule has 2 N–H and O–H groups in total. The number of aromatic nitrogens is 1. The van der Waals surface area contributed by atoms with E-state index < -0.39 is 11.9 Å². The molecule has 1 atom stereocenters. The molecule has 2 rings (SSSR count). The number of carbonyl (C=O) groups excluding carboxylic acids is 1. The highest BCUT2D eigenvalue weighted by molar-refractivity contribution is 5.76. The van der Waals surface area contributed by atoms with E-state index in [9.17, 15) is 9.59 Å². The van der Waals surface area contributed by atoms with Crippen LogP contribution in [-0.2, 0) is 11.3 Å². The maximum atomic E-state index is 11.8. The van der Waals surface area contributed by atoms with Crippen LogP contribution in [0.15, 0.2) is 24.4 Å². The highest BCUT2D eigenvalue weighted by atomic mass is 16.4. The van der Waals surface area contributed by atoms with Gasteiger partial charge in [0.25, 0.3) is 0 Å². The molecule has 2 heterocycles. The highest BCUT2D eigenvalue weighted by Gasteiger charge is 2.36. The third-order valence-corrected chi connectivity index (χ3v) is 3.44. The van der Waals surface area contributed by atoms with E-state index in [0.29, 0.717) is 19.6 Å². The minimum absolute atomic E-state index is 0.0538. The number of pyridine rings is 1. The molecule has 1 fully saturated rings. The van der Waals surface area contributed by atoms with Crippen molar-refractivity contribution in [3.05, 3.63) is 30.1 Å². The number of amides is 2. The number of likely N-dealkylation sites (tertiary alicyclic amines) is 1. The molecule has 2 amide bonds. The van der Waals surface area contributed by atoms with Crippen LogP contribution in [0.2, 0.25) is 0 Å². The van der Waals surface area contributed by atoms with Gasteiger partial charge >= 0.3 is 12.0 Å². The molecule has 1 saturated heterocycles. The van der Waals surface area contributed by atoms with E-state index in [2.05, 4.69) is 10.3 Å². The van der Waals surface area contributed by atoms with Crippen LogP contribution in [0.5, 0.6) is 0 Å². The molecule has 1 aromatic heterocycles. The molecule has 0 bridgehead atoms. The van der Waals surface area contributed by atoms with Crippen molar-refractivity contribution in [2.75, 3.05) is 13.1 Å². The first-order valence-corrected chi connectivity index (χ1v) is 6.23. The summed E-state index contributed by atoms with van der Waals surface area (Å²) in [4.78, 5) is 28.3. The van der Waals surface area contributed by atoms with Crippen molar-refractivity contribution >= 4 is 12.0 Å². The van der Waals surface area contributed by atoms with Gasteiger partial charge in [-0.15, -0.1) is 0 Å². The molecule has 1 aromatic rings. The lowest BCUT2D eigenvalue weighted by molar-refractivity contribution is -0.144. The van der Waals surface area contributed by atoms with Gasteiger partial charge in [0.2, 0.25) is 0 Å². The zero-order valence-corrected chi connectivity index (χ0v) is 10.7. The summed E-state index contributed by atoms with van der Waals surface area (Å²) in [7, 11) is 0. The van der Waals surface area contributed by atoms with Gasteiger partial charge < -0.3 is 15.3 Å². The fourth-order valence-electron chi connectivity index (χ4n) is 1.98. The first-order valence-electron chi connectivity index (χ1n) is 6.23. The number of carbonyl (C=O) groups is 2. The Kier molecular flexibility index (Phi) is 3.99. The molecule has 1 aliphatic heterocycles. The van der Waals surface area contributed by atoms with Crippen LogP contribution in [0.25, 0.3) is 0 Å². The average molecular weight is 263 g/mol. The van der Waals surface area contributed by atoms with Gasteiger partial charge in [-0.25, -0.2) is 4.79 Å². The molecular weight excluding hydrogens is 246 g/mol. The third-order valence-electron chi connectivity index (χ3n) is 3.44. The normalized spacial score (nSPS) is 16.6. The minimum atomic E-state index is -0.807. The van der Waals surface area contributed by atoms with Gasteiger partial charge in [-0.05, 0) is 12.1 Å². The van der Waals surface area contributed by atoms with Crippen LogP contribution < -0.4 is 5.32 Å². The topological polar surface area (TPSA) is 82.5 Å². The number of nitrogens with zero attached hydrogens (tertiary/aromatic N) is 2. The molecule has 1 unspecified atom stereocenters. The number of hydrogen-bond donors (Lipinski definition) is 2. The lowest BCUT2D eigenvalue weighted by atomic mass is 9.87. The van der Waals surface area contributed by atoms with Gasteiger partial charge in [-0.2, -0.15) is 0 Å². The molecule has 19 heavy (non-hydrogen) atoms. The van der Waals surface area contributed by atoms with Crippen LogP contribution in [0, 0.1) is 11.8 Å². The van der Waals surface area contributed by atoms with Crippen molar-refractivity contribution in [1.82, 2.24) is 15.2 Å². The van der Waals surface area contributed by atoms with E-state index in [-0.39, 0.29) is 11.9 Å². The van der Waals surface area contributed by atoms with E-state index in [4.69, 9.17) is 5.11 Å². The van der Waals surface area contributed by atoms with Gasteiger partial charge in [0.15, 0.2) is 0 Å². The predicted molar refractivity (Wildman–Crippen MR) is 68.3 cm³/mol. The van der Waals surface area contributed by atoms with Crippen LogP contribution in [0.4, 0.5) is 4.79 Å². The van der Waals surface area contributed by atoms with E-state index in [1.54, 1.807) is 18.0 Å². The van der Waals surface area contributed by atoms with E-state index in [1.165, 1.54) is 0 Å². The van der Waals surface area contributed by atoms with E-state index in [0.717, 1.165) is 5.69 Å². The molecule has 6 heteroatoms. The number of hydrogen-bond acceptors (Lipinski definition) is 3. The van der Waals surface area contributed by atoms with Gasteiger partial charge in [0, 0.05) is 25.2 Å². The summed E-state index contributed by atoms with van der Waals surface area (Å²) < 4.78 is 0. The fraction of sp³-hybridized carbons (Fsp3) is 0.462. The predicted octanol–water partition coefficient (Wildman–Crippen LogP) is 0.944. The van der Waals surface area contributed by atoms with E-state index in [1.807, 2.05) is 18.2 Å². The smallest absolute Gasteiger partial charge is 0.317 e. The zero-order chi connectivity index (χ0) is 13.8. The van der Waals surface area contributed by atoms with Crippen molar-refractivity contribution in [3.63, 3.8) is 0 Å². The zero-order valence-electron chi connectivity index (χ0n) is 10.7. The van der Waals surface area contributed by atoms with Crippen LogP contribution in [0.3, 0.4) is 0 Å².